The van der Waals surface area contributed by atoms with E-state index in [0.29, 0.717) is 5.92 Å². The average molecular weight is 183 g/mol. The summed E-state index contributed by atoms with van der Waals surface area (Å²) in [5.41, 5.74) is 0. The second-order valence-corrected chi connectivity index (χ2v) is 4.06. The van der Waals surface area contributed by atoms with Gasteiger partial charge >= 0.3 is 5.76 Å². The van der Waals surface area contributed by atoms with Crippen LogP contribution in [0.25, 0.3) is 0 Å². The zero-order valence-corrected chi connectivity index (χ0v) is 8.70. The van der Waals surface area contributed by atoms with E-state index in [1.165, 1.54) is 0 Å². The highest BCUT2D eigenvalue weighted by Gasteiger charge is 2.09. The molecule has 1 aromatic rings. The van der Waals surface area contributed by atoms with Crippen molar-refractivity contribution in [2.75, 3.05) is 0 Å². The molecule has 3 heteroatoms. The Morgan fingerprint density at radius 1 is 1.38 bits per heavy atom. The highest BCUT2D eigenvalue weighted by molar-refractivity contribution is 4.93. The Bertz CT molecular complexity index is 320. The smallest absolute Gasteiger partial charge is 0.413 e. The molecule has 0 atom stereocenters. The lowest BCUT2D eigenvalue weighted by molar-refractivity contribution is 0.417. The molecule has 0 aliphatic heterocycles. The molecule has 1 rings (SSSR count). The second-order valence-electron chi connectivity index (χ2n) is 4.06. The number of oxazole rings is 1. The molecule has 3 nitrogen and oxygen atoms in total. The predicted octanol–water partition coefficient (Wildman–Crippen LogP) is 2.22. The third-order valence-corrected chi connectivity index (χ3v) is 1.88. The summed E-state index contributed by atoms with van der Waals surface area (Å²) in [6, 6.07) is 0.178. The number of rotatable bonds is 3. The fraction of sp³-hybridized carbons (Fsp3) is 0.700. The van der Waals surface area contributed by atoms with Gasteiger partial charge in [0.05, 0.1) is 0 Å². The van der Waals surface area contributed by atoms with Crippen molar-refractivity contribution in [3.63, 3.8) is 0 Å². The second kappa shape index (κ2) is 3.81. The molecule has 0 amide bonds. The number of nitrogens with zero attached hydrogens (tertiary/aromatic N) is 1. The zero-order valence-electron chi connectivity index (χ0n) is 8.70. The van der Waals surface area contributed by atoms with Gasteiger partial charge in [-0.05, 0) is 19.8 Å². The molecule has 0 unspecified atom stereocenters. The first-order chi connectivity index (χ1) is 6.00. The van der Waals surface area contributed by atoms with E-state index >= 15 is 0 Å². The van der Waals surface area contributed by atoms with Gasteiger partial charge in [-0.15, -0.1) is 0 Å². The first kappa shape index (κ1) is 10.1. The van der Waals surface area contributed by atoms with E-state index in [-0.39, 0.29) is 11.8 Å². The van der Waals surface area contributed by atoms with Gasteiger partial charge in [-0.2, -0.15) is 0 Å². The average Bonchev–Trinajstić information content (AvgIpc) is 2.29. The lowest BCUT2D eigenvalue weighted by Crippen LogP contribution is -2.14. The van der Waals surface area contributed by atoms with E-state index in [2.05, 4.69) is 13.8 Å². The predicted molar refractivity (Wildman–Crippen MR) is 51.9 cm³/mol. The molecule has 0 saturated heterocycles. The molecule has 0 radical (unpaired) electrons. The van der Waals surface area contributed by atoms with Crippen molar-refractivity contribution in [2.24, 2.45) is 5.92 Å². The van der Waals surface area contributed by atoms with Crippen LogP contribution in [-0.4, -0.2) is 4.57 Å². The Labute approximate surface area is 78.4 Å². The van der Waals surface area contributed by atoms with Crippen molar-refractivity contribution in [1.29, 1.82) is 0 Å². The van der Waals surface area contributed by atoms with Crippen LogP contribution in [0.4, 0.5) is 0 Å². The summed E-state index contributed by atoms with van der Waals surface area (Å²) in [5.74, 6) is 1.06. The largest absolute Gasteiger partial charge is 0.419 e. The number of hydrogen-bond donors (Lipinski definition) is 0. The van der Waals surface area contributed by atoms with Crippen LogP contribution in [0, 0.1) is 5.92 Å². The minimum absolute atomic E-state index is 0.178. The summed E-state index contributed by atoms with van der Waals surface area (Å²) >= 11 is 0. The number of aromatic nitrogens is 1. The molecule has 0 bridgehead atoms. The fourth-order valence-electron chi connectivity index (χ4n) is 1.26. The summed E-state index contributed by atoms with van der Waals surface area (Å²) in [4.78, 5) is 11.3. The Kier molecular flexibility index (Phi) is 2.96. The van der Waals surface area contributed by atoms with Gasteiger partial charge in [0.2, 0.25) is 0 Å². The molecule has 74 valence electrons. The molecule has 0 N–H and O–H groups in total. The van der Waals surface area contributed by atoms with Crippen molar-refractivity contribution >= 4 is 0 Å². The van der Waals surface area contributed by atoms with Crippen LogP contribution in [0.15, 0.2) is 15.4 Å². The highest BCUT2D eigenvalue weighted by atomic mass is 16.4. The fourth-order valence-corrected chi connectivity index (χ4v) is 1.26. The van der Waals surface area contributed by atoms with E-state index in [1.54, 1.807) is 4.57 Å². The Hall–Kier alpha value is -0.990. The van der Waals surface area contributed by atoms with Gasteiger partial charge in [-0.1, -0.05) is 13.8 Å². The van der Waals surface area contributed by atoms with E-state index < -0.39 is 0 Å². The molecule has 1 aromatic heterocycles. The molecule has 0 aromatic carbocycles. The van der Waals surface area contributed by atoms with Gasteiger partial charge in [0, 0.05) is 18.7 Å². The number of hydrogen-bond acceptors (Lipinski definition) is 2. The van der Waals surface area contributed by atoms with Crippen LogP contribution < -0.4 is 5.76 Å². The molecule has 0 fully saturated rings. The van der Waals surface area contributed by atoms with E-state index in [9.17, 15) is 4.79 Å². The van der Waals surface area contributed by atoms with Gasteiger partial charge in [-0.25, -0.2) is 4.79 Å². The Morgan fingerprint density at radius 2 is 2.00 bits per heavy atom. The van der Waals surface area contributed by atoms with Gasteiger partial charge in [0.1, 0.15) is 5.76 Å². The summed E-state index contributed by atoms with van der Waals surface area (Å²) in [6.07, 6.45) is 2.64. The lowest BCUT2D eigenvalue weighted by atomic mass is 10.1. The molecule has 0 aliphatic rings. The zero-order chi connectivity index (χ0) is 10.0. The van der Waals surface area contributed by atoms with Crippen LogP contribution in [0.3, 0.4) is 0 Å². The van der Waals surface area contributed by atoms with E-state index in [0.717, 1.165) is 12.2 Å². The summed E-state index contributed by atoms with van der Waals surface area (Å²) in [5, 5.41) is 0. The van der Waals surface area contributed by atoms with Gasteiger partial charge in [0.25, 0.3) is 0 Å². The molecule has 0 aliphatic carbocycles. The van der Waals surface area contributed by atoms with Crippen molar-refractivity contribution in [1.82, 2.24) is 4.57 Å². The van der Waals surface area contributed by atoms with Crippen LogP contribution in [0.1, 0.15) is 39.5 Å². The molecule has 1 heterocycles. The SMILES string of the molecule is CC(C)Cc1cn(C(C)C)c(=O)o1. The third-order valence-electron chi connectivity index (χ3n) is 1.88. The summed E-state index contributed by atoms with van der Waals surface area (Å²) in [6.45, 7) is 8.14. The summed E-state index contributed by atoms with van der Waals surface area (Å²) < 4.78 is 6.72. The Balaban J connectivity index is 2.89. The highest BCUT2D eigenvalue weighted by Crippen LogP contribution is 2.08. The molecule has 0 spiro atoms. The third kappa shape index (κ3) is 2.47. The molecule has 13 heavy (non-hydrogen) atoms. The van der Waals surface area contributed by atoms with Crippen LogP contribution in [0.2, 0.25) is 0 Å². The van der Waals surface area contributed by atoms with Crippen molar-refractivity contribution in [3.8, 4) is 0 Å². The quantitative estimate of drug-likeness (QED) is 0.720. The standard InChI is InChI=1S/C10H17NO2/c1-7(2)5-9-6-11(8(3)4)10(12)13-9/h6-8H,5H2,1-4H3. The van der Waals surface area contributed by atoms with Crippen molar-refractivity contribution in [3.05, 3.63) is 22.5 Å². The minimum atomic E-state index is -0.245. The maximum absolute atomic E-state index is 11.3. The maximum Gasteiger partial charge on any atom is 0.419 e. The van der Waals surface area contributed by atoms with E-state index in [4.69, 9.17) is 4.42 Å². The minimum Gasteiger partial charge on any atom is -0.413 e. The summed E-state index contributed by atoms with van der Waals surface area (Å²) in [7, 11) is 0. The first-order valence-corrected chi connectivity index (χ1v) is 4.71. The van der Waals surface area contributed by atoms with Gasteiger partial charge in [0.15, 0.2) is 0 Å². The molecule has 0 saturated carbocycles. The molecular formula is C10H17NO2. The maximum atomic E-state index is 11.3. The normalized spacial score (nSPS) is 11.5. The monoisotopic (exact) mass is 183 g/mol. The lowest BCUT2D eigenvalue weighted by Gasteiger charge is -2.01. The van der Waals surface area contributed by atoms with Crippen LogP contribution in [-0.2, 0) is 6.42 Å². The van der Waals surface area contributed by atoms with Crippen LogP contribution >= 0.6 is 0 Å². The topological polar surface area (TPSA) is 35.1 Å². The van der Waals surface area contributed by atoms with Gasteiger partial charge in [-0.3, -0.25) is 4.57 Å². The first-order valence-electron chi connectivity index (χ1n) is 4.71. The van der Waals surface area contributed by atoms with Crippen molar-refractivity contribution in [2.45, 2.75) is 40.2 Å². The molecular weight excluding hydrogens is 166 g/mol. The van der Waals surface area contributed by atoms with E-state index in [1.807, 2.05) is 20.0 Å². The Morgan fingerprint density at radius 3 is 2.38 bits per heavy atom. The van der Waals surface area contributed by atoms with Crippen molar-refractivity contribution < 1.29 is 4.42 Å². The van der Waals surface area contributed by atoms with Crippen LogP contribution in [0.5, 0.6) is 0 Å². The van der Waals surface area contributed by atoms with Gasteiger partial charge < -0.3 is 4.42 Å².